The first-order valence-electron chi connectivity index (χ1n) is 10.1. The van der Waals surface area contributed by atoms with E-state index in [0.717, 1.165) is 12.0 Å². The van der Waals surface area contributed by atoms with E-state index in [1.165, 1.54) is 4.90 Å². The van der Waals surface area contributed by atoms with E-state index >= 15 is 0 Å². The lowest BCUT2D eigenvalue weighted by Gasteiger charge is -2.33. The first-order chi connectivity index (χ1) is 14.0. The Hall–Kier alpha value is -2.06. The fraction of sp³-hybridized carbons (Fsp3) is 0.571. The van der Waals surface area contributed by atoms with Gasteiger partial charge in [0.15, 0.2) is 0 Å². The Morgan fingerprint density at radius 3 is 2.79 bits per heavy atom. The quantitative estimate of drug-likeness (QED) is 0.640. The number of hydrogen-bond donors (Lipinski definition) is 2. The van der Waals surface area contributed by atoms with E-state index in [4.69, 9.17) is 4.74 Å². The number of aliphatic hydroxyl groups excluding tert-OH is 1. The number of aliphatic hydroxyl groups is 1. The van der Waals surface area contributed by atoms with Crippen LogP contribution >= 0.6 is 11.8 Å². The van der Waals surface area contributed by atoms with Crippen molar-refractivity contribution in [3.63, 3.8) is 0 Å². The van der Waals surface area contributed by atoms with Crippen molar-refractivity contribution in [3.05, 3.63) is 35.9 Å². The number of nitrogens with zero attached hydrogens (tertiary/aromatic N) is 1. The molecule has 3 aliphatic rings. The Morgan fingerprint density at radius 2 is 2.10 bits per heavy atom. The molecule has 1 aromatic rings. The number of carbonyl (C=O) groups excluding carboxylic acids is 3. The van der Waals surface area contributed by atoms with Crippen LogP contribution in [0.25, 0.3) is 0 Å². The van der Waals surface area contributed by atoms with Crippen molar-refractivity contribution in [1.29, 1.82) is 0 Å². The maximum Gasteiger partial charge on any atom is 0.310 e. The largest absolute Gasteiger partial charge is 0.466 e. The van der Waals surface area contributed by atoms with Crippen molar-refractivity contribution in [2.45, 2.75) is 42.3 Å². The van der Waals surface area contributed by atoms with Crippen molar-refractivity contribution >= 4 is 29.5 Å². The zero-order valence-corrected chi connectivity index (χ0v) is 17.2. The second kappa shape index (κ2) is 7.99. The molecule has 2 amide bonds. The molecule has 29 heavy (non-hydrogen) atoms. The minimum atomic E-state index is -0.690. The molecule has 1 spiro atoms. The standard InChI is InChI=1S/C21H26N2O5S/c1-2-28-20(27)15-14-8-9-21(29-14)16(15)19(26)23(10-11-24)17(21)18(25)22-12-13-6-4-3-5-7-13/h3-7,14-17,24H,2,8-12H2,1H3,(H,22,25)/t14-,15+,16-,17?,21?/m0/s1. The van der Waals surface area contributed by atoms with Crippen LogP contribution in [0.15, 0.2) is 30.3 Å². The summed E-state index contributed by atoms with van der Waals surface area (Å²) in [5.41, 5.74) is 0.973. The predicted molar refractivity (Wildman–Crippen MR) is 108 cm³/mol. The van der Waals surface area contributed by atoms with Gasteiger partial charge in [0.05, 0.1) is 29.8 Å². The second-order valence-electron chi connectivity index (χ2n) is 7.77. The number of β-amino-alcohol motifs (C(OH)–C–C–N with tert-alkyl or cyclic N) is 1. The van der Waals surface area contributed by atoms with Crippen LogP contribution in [0.2, 0.25) is 0 Å². The third kappa shape index (κ3) is 3.22. The molecule has 5 atom stereocenters. The lowest BCUT2D eigenvalue weighted by molar-refractivity contribution is -0.153. The minimum absolute atomic E-state index is 0.00343. The van der Waals surface area contributed by atoms with Gasteiger partial charge in [-0.1, -0.05) is 30.3 Å². The van der Waals surface area contributed by atoms with Gasteiger partial charge in [0, 0.05) is 18.3 Å². The monoisotopic (exact) mass is 418 g/mol. The zero-order chi connectivity index (χ0) is 20.6. The number of esters is 1. The van der Waals surface area contributed by atoms with E-state index in [-0.39, 0.29) is 42.8 Å². The second-order valence-corrected chi connectivity index (χ2v) is 9.37. The molecule has 3 fully saturated rings. The maximum atomic E-state index is 13.3. The summed E-state index contributed by atoms with van der Waals surface area (Å²) in [4.78, 5) is 40.6. The topological polar surface area (TPSA) is 95.9 Å². The first kappa shape index (κ1) is 20.2. The average Bonchev–Trinajstić information content (AvgIpc) is 3.35. The molecular weight excluding hydrogens is 392 g/mol. The lowest BCUT2D eigenvalue weighted by Crippen LogP contribution is -2.53. The molecule has 156 valence electrons. The van der Waals surface area contributed by atoms with Crippen molar-refractivity contribution in [2.75, 3.05) is 19.8 Å². The van der Waals surface area contributed by atoms with E-state index < -0.39 is 22.6 Å². The molecule has 2 N–H and O–H groups in total. The Balaban J connectivity index is 1.61. The molecule has 3 heterocycles. The van der Waals surface area contributed by atoms with Crippen molar-refractivity contribution < 1.29 is 24.2 Å². The van der Waals surface area contributed by atoms with Crippen LogP contribution in [0.3, 0.4) is 0 Å². The third-order valence-electron chi connectivity index (χ3n) is 6.26. The summed E-state index contributed by atoms with van der Waals surface area (Å²) < 4.78 is 4.63. The number of hydrogen-bond acceptors (Lipinski definition) is 6. The molecule has 7 nitrogen and oxygen atoms in total. The predicted octanol–water partition coefficient (Wildman–Crippen LogP) is 0.949. The number of ether oxygens (including phenoxy) is 1. The number of carbonyl (C=O) groups is 3. The average molecular weight is 419 g/mol. The Labute approximate surface area is 174 Å². The summed E-state index contributed by atoms with van der Waals surface area (Å²) in [7, 11) is 0. The number of nitrogens with one attached hydrogen (secondary N) is 1. The van der Waals surface area contributed by atoms with Crippen LogP contribution < -0.4 is 5.32 Å². The minimum Gasteiger partial charge on any atom is -0.466 e. The van der Waals surface area contributed by atoms with Crippen LogP contribution in [0.1, 0.15) is 25.3 Å². The molecule has 0 radical (unpaired) electrons. The van der Waals surface area contributed by atoms with Gasteiger partial charge in [-0.25, -0.2) is 0 Å². The molecule has 0 aliphatic carbocycles. The van der Waals surface area contributed by atoms with Crippen molar-refractivity contribution in [2.24, 2.45) is 11.8 Å². The number of thioether (sulfide) groups is 1. The fourth-order valence-electron chi connectivity index (χ4n) is 5.19. The molecule has 0 saturated carbocycles. The van der Waals surface area contributed by atoms with Gasteiger partial charge in [-0.3, -0.25) is 14.4 Å². The van der Waals surface area contributed by atoms with Crippen LogP contribution in [-0.2, 0) is 25.7 Å². The van der Waals surface area contributed by atoms with Crippen LogP contribution in [0, 0.1) is 11.8 Å². The van der Waals surface area contributed by atoms with Crippen molar-refractivity contribution in [3.8, 4) is 0 Å². The Bertz CT molecular complexity index is 804. The highest BCUT2D eigenvalue weighted by atomic mass is 32.2. The van der Waals surface area contributed by atoms with Crippen molar-refractivity contribution in [1.82, 2.24) is 10.2 Å². The van der Waals surface area contributed by atoms with Crippen LogP contribution in [0.4, 0.5) is 0 Å². The van der Waals surface area contributed by atoms with E-state index in [0.29, 0.717) is 13.0 Å². The number of likely N-dealkylation sites (tertiary alicyclic amines) is 1. The molecule has 1 aromatic carbocycles. The number of amides is 2. The van der Waals surface area contributed by atoms with Gasteiger partial charge in [0.2, 0.25) is 11.8 Å². The first-order valence-corrected chi connectivity index (χ1v) is 11.0. The van der Waals surface area contributed by atoms with E-state index in [1.807, 2.05) is 30.3 Å². The van der Waals surface area contributed by atoms with Gasteiger partial charge in [0.25, 0.3) is 0 Å². The highest BCUT2D eigenvalue weighted by molar-refractivity contribution is 8.02. The summed E-state index contributed by atoms with van der Waals surface area (Å²) in [6, 6.07) is 8.90. The van der Waals surface area contributed by atoms with Gasteiger partial charge in [-0.05, 0) is 25.3 Å². The lowest BCUT2D eigenvalue weighted by atomic mass is 9.71. The van der Waals surface area contributed by atoms with Crippen LogP contribution in [0.5, 0.6) is 0 Å². The van der Waals surface area contributed by atoms with E-state index in [2.05, 4.69) is 5.32 Å². The zero-order valence-electron chi connectivity index (χ0n) is 16.4. The van der Waals surface area contributed by atoms with E-state index in [9.17, 15) is 19.5 Å². The molecule has 0 aromatic heterocycles. The van der Waals surface area contributed by atoms with Gasteiger partial charge < -0.3 is 20.1 Å². The van der Waals surface area contributed by atoms with E-state index in [1.54, 1.807) is 18.7 Å². The highest BCUT2D eigenvalue weighted by Gasteiger charge is 2.73. The number of fused-ring (bicyclic) bond motifs is 1. The SMILES string of the molecule is CCOC(=O)[C@@H]1[C@@H]2CCC3(S2)C(C(=O)NCc2ccccc2)N(CCO)C(=O)[C@H]13. The normalized spacial score (nSPS) is 32.3. The summed E-state index contributed by atoms with van der Waals surface area (Å²) in [5.74, 6) is -1.87. The molecule has 3 saturated heterocycles. The maximum absolute atomic E-state index is 13.3. The van der Waals surface area contributed by atoms with Gasteiger partial charge in [0.1, 0.15) is 6.04 Å². The van der Waals surface area contributed by atoms with Crippen LogP contribution in [-0.4, -0.2) is 63.6 Å². The molecule has 2 bridgehead atoms. The Kier molecular flexibility index (Phi) is 5.57. The molecule has 3 aliphatic heterocycles. The Morgan fingerprint density at radius 1 is 1.34 bits per heavy atom. The number of benzene rings is 1. The van der Waals surface area contributed by atoms with Gasteiger partial charge in [-0.15, -0.1) is 11.8 Å². The fourth-order valence-corrected chi connectivity index (χ4v) is 7.40. The summed E-state index contributed by atoms with van der Waals surface area (Å²) >= 11 is 1.60. The summed E-state index contributed by atoms with van der Waals surface area (Å²) in [5, 5.41) is 12.5. The summed E-state index contributed by atoms with van der Waals surface area (Å²) in [6.45, 7) is 2.24. The molecular formula is C21H26N2O5S. The summed E-state index contributed by atoms with van der Waals surface area (Å²) in [6.07, 6.45) is 1.49. The molecule has 2 unspecified atom stereocenters. The molecule has 4 rings (SSSR count). The third-order valence-corrected chi connectivity index (χ3v) is 8.21. The smallest absolute Gasteiger partial charge is 0.310 e. The van der Waals surface area contributed by atoms with Gasteiger partial charge in [-0.2, -0.15) is 0 Å². The molecule has 8 heteroatoms. The highest BCUT2D eigenvalue weighted by Crippen LogP contribution is 2.66. The van der Waals surface area contributed by atoms with Gasteiger partial charge >= 0.3 is 5.97 Å². The number of rotatable bonds is 7.